The fourth-order valence-corrected chi connectivity index (χ4v) is 3.02. The van der Waals surface area contributed by atoms with Crippen LogP contribution in [-0.4, -0.2) is 59.3 Å². The first-order chi connectivity index (χ1) is 12.5. The summed E-state index contributed by atoms with van der Waals surface area (Å²) >= 11 is 0. The lowest BCUT2D eigenvalue weighted by Crippen LogP contribution is -2.33. The van der Waals surface area contributed by atoms with E-state index in [0.29, 0.717) is 5.69 Å². The molecular formula is C16H15FN4O5. The summed E-state index contributed by atoms with van der Waals surface area (Å²) in [5.74, 6) is -0.494. The van der Waals surface area contributed by atoms with E-state index in [1.165, 1.54) is 35.4 Å². The Morgan fingerprint density at radius 2 is 2.00 bits per heavy atom. The third kappa shape index (κ3) is 2.51. The molecule has 2 unspecified atom stereocenters. The average Bonchev–Trinajstić information content (AvgIpc) is 3.18. The molecule has 0 radical (unpaired) electrons. The fraction of sp³-hybridized carbons (Fsp3) is 0.312. The van der Waals surface area contributed by atoms with E-state index in [-0.39, 0.29) is 11.2 Å². The van der Waals surface area contributed by atoms with E-state index in [1.54, 1.807) is 6.07 Å². The van der Waals surface area contributed by atoms with Gasteiger partial charge in [-0.15, -0.1) is 0 Å². The van der Waals surface area contributed by atoms with Crippen LogP contribution in [-0.2, 0) is 4.74 Å². The molecule has 3 N–H and O–H groups in total. The molecule has 10 heteroatoms. The Morgan fingerprint density at radius 1 is 1.19 bits per heavy atom. The van der Waals surface area contributed by atoms with Gasteiger partial charge in [0.15, 0.2) is 17.4 Å². The number of rotatable bonds is 3. The maximum Gasteiger partial charge on any atom is 0.286 e. The van der Waals surface area contributed by atoms with Gasteiger partial charge in [-0.1, -0.05) is 6.07 Å². The number of ether oxygens (including phenoxy) is 1. The quantitative estimate of drug-likeness (QED) is 0.565. The number of nitrogens with zero attached hydrogens (tertiary/aromatic N) is 4. The zero-order valence-electron chi connectivity index (χ0n) is 13.3. The van der Waals surface area contributed by atoms with Crippen molar-refractivity contribution < 1.29 is 24.4 Å². The van der Waals surface area contributed by atoms with Crippen molar-refractivity contribution in [1.29, 1.82) is 0 Å². The van der Waals surface area contributed by atoms with Crippen molar-refractivity contribution in [2.75, 3.05) is 6.61 Å². The molecule has 4 atom stereocenters. The zero-order valence-corrected chi connectivity index (χ0v) is 13.3. The number of hydrogen-bond acceptors (Lipinski definition) is 7. The van der Waals surface area contributed by atoms with Crippen molar-refractivity contribution in [1.82, 2.24) is 19.1 Å². The summed E-state index contributed by atoms with van der Waals surface area (Å²) in [6, 6.07) is 5.48. The molecule has 1 aliphatic heterocycles. The second-order valence-electron chi connectivity index (χ2n) is 5.95. The van der Waals surface area contributed by atoms with E-state index in [2.05, 4.69) is 9.97 Å². The first kappa shape index (κ1) is 16.8. The molecule has 0 saturated carbocycles. The van der Waals surface area contributed by atoms with Gasteiger partial charge in [0, 0.05) is 0 Å². The Labute approximate surface area is 145 Å². The predicted octanol–water partition coefficient (Wildman–Crippen LogP) is -0.667. The van der Waals surface area contributed by atoms with E-state index in [4.69, 9.17) is 4.74 Å². The van der Waals surface area contributed by atoms with Crippen LogP contribution in [0, 0.1) is 5.82 Å². The summed E-state index contributed by atoms with van der Waals surface area (Å²) in [7, 11) is 0. The van der Waals surface area contributed by atoms with Crippen LogP contribution in [0.15, 0.2) is 41.7 Å². The lowest BCUT2D eigenvalue weighted by molar-refractivity contribution is -0.0511. The van der Waals surface area contributed by atoms with Crippen LogP contribution in [0.25, 0.3) is 16.9 Å². The van der Waals surface area contributed by atoms with Gasteiger partial charge in [-0.2, -0.15) is 0 Å². The second kappa shape index (κ2) is 6.25. The molecule has 0 aliphatic carbocycles. The molecule has 2 aromatic heterocycles. The standard InChI is InChI=1S/C16H15FN4O5/c17-8-2-1-3-9(4-8)20-7-19-14-11(15(20)25)18-6-21(14)16-13(24)12(23)10(5-22)26-16/h1-4,6-7,10,12-13,16,22-24H,5H2/t10-,12?,13?,16-/m1/s1. The molecule has 1 aliphatic rings. The van der Waals surface area contributed by atoms with Gasteiger partial charge >= 0.3 is 0 Å². The summed E-state index contributed by atoms with van der Waals surface area (Å²) in [6.07, 6.45) is -2.13. The molecule has 0 spiro atoms. The number of benzene rings is 1. The fourth-order valence-electron chi connectivity index (χ4n) is 3.02. The summed E-state index contributed by atoms with van der Waals surface area (Å²) < 4.78 is 21.3. The van der Waals surface area contributed by atoms with E-state index in [1.807, 2.05) is 0 Å². The van der Waals surface area contributed by atoms with Crippen LogP contribution >= 0.6 is 0 Å². The zero-order chi connectivity index (χ0) is 18.4. The largest absolute Gasteiger partial charge is 0.394 e. The van der Waals surface area contributed by atoms with Crippen molar-refractivity contribution in [2.24, 2.45) is 0 Å². The molecule has 26 heavy (non-hydrogen) atoms. The van der Waals surface area contributed by atoms with Crippen molar-refractivity contribution in [3.8, 4) is 5.69 Å². The molecule has 4 rings (SSSR count). The van der Waals surface area contributed by atoms with E-state index in [0.717, 1.165) is 4.57 Å². The highest BCUT2D eigenvalue weighted by Crippen LogP contribution is 2.30. The molecule has 3 heterocycles. The summed E-state index contributed by atoms with van der Waals surface area (Å²) in [6.45, 7) is -0.471. The van der Waals surface area contributed by atoms with Gasteiger partial charge in [0.2, 0.25) is 0 Å². The van der Waals surface area contributed by atoms with E-state index in [9.17, 15) is 24.5 Å². The topological polar surface area (TPSA) is 123 Å². The van der Waals surface area contributed by atoms with Crippen LogP contribution in [0.2, 0.25) is 0 Å². The van der Waals surface area contributed by atoms with Gasteiger partial charge in [-0.25, -0.2) is 14.4 Å². The Hall–Kier alpha value is -2.66. The Kier molecular flexibility index (Phi) is 4.04. The van der Waals surface area contributed by atoms with Gasteiger partial charge < -0.3 is 20.1 Å². The van der Waals surface area contributed by atoms with Crippen LogP contribution in [0.4, 0.5) is 4.39 Å². The Bertz CT molecular complexity index is 1020. The highest BCUT2D eigenvalue weighted by atomic mass is 19.1. The van der Waals surface area contributed by atoms with Gasteiger partial charge in [0.25, 0.3) is 5.56 Å². The van der Waals surface area contributed by atoms with Crippen molar-refractivity contribution >= 4 is 11.2 Å². The number of halogens is 1. The lowest BCUT2D eigenvalue weighted by atomic mass is 10.1. The number of imidazole rings is 1. The summed E-state index contributed by atoms with van der Waals surface area (Å²) in [5, 5.41) is 29.2. The van der Waals surface area contributed by atoms with Gasteiger partial charge in [0.05, 0.1) is 18.6 Å². The van der Waals surface area contributed by atoms with Gasteiger partial charge in [0.1, 0.15) is 30.5 Å². The van der Waals surface area contributed by atoms with Crippen LogP contribution in [0.3, 0.4) is 0 Å². The molecule has 0 bridgehead atoms. The molecule has 9 nitrogen and oxygen atoms in total. The first-order valence-corrected chi connectivity index (χ1v) is 7.84. The van der Waals surface area contributed by atoms with Gasteiger partial charge in [-0.3, -0.25) is 13.9 Å². The summed E-state index contributed by atoms with van der Waals surface area (Å²) in [4.78, 5) is 20.9. The Balaban J connectivity index is 1.79. The van der Waals surface area contributed by atoms with Gasteiger partial charge in [-0.05, 0) is 18.2 Å². The average molecular weight is 362 g/mol. The van der Waals surface area contributed by atoms with Crippen LogP contribution < -0.4 is 5.56 Å². The third-order valence-corrected chi connectivity index (χ3v) is 4.36. The van der Waals surface area contributed by atoms with Crippen LogP contribution in [0.5, 0.6) is 0 Å². The second-order valence-corrected chi connectivity index (χ2v) is 5.95. The minimum absolute atomic E-state index is 0.00509. The maximum atomic E-state index is 13.4. The molecule has 1 fully saturated rings. The molecule has 1 aromatic carbocycles. The molecule has 0 amide bonds. The minimum Gasteiger partial charge on any atom is -0.394 e. The molecular weight excluding hydrogens is 347 g/mol. The highest BCUT2D eigenvalue weighted by molar-refractivity contribution is 5.69. The van der Waals surface area contributed by atoms with E-state index >= 15 is 0 Å². The minimum atomic E-state index is -1.32. The predicted molar refractivity (Wildman–Crippen MR) is 86.1 cm³/mol. The van der Waals surface area contributed by atoms with E-state index < -0.39 is 42.5 Å². The third-order valence-electron chi connectivity index (χ3n) is 4.36. The van der Waals surface area contributed by atoms with Crippen molar-refractivity contribution in [3.63, 3.8) is 0 Å². The molecule has 1 saturated heterocycles. The Morgan fingerprint density at radius 3 is 2.69 bits per heavy atom. The maximum absolute atomic E-state index is 13.4. The first-order valence-electron chi connectivity index (χ1n) is 7.84. The highest BCUT2D eigenvalue weighted by Gasteiger charge is 2.44. The number of hydrogen-bond donors (Lipinski definition) is 3. The lowest BCUT2D eigenvalue weighted by Gasteiger charge is -2.16. The number of aliphatic hydroxyl groups excluding tert-OH is 3. The molecule has 3 aromatic rings. The number of aromatic nitrogens is 4. The van der Waals surface area contributed by atoms with Crippen molar-refractivity contribution in [3.05, 3.63) is 53.1 Å². The van der Waals surface area contributed by atoms with Crippen LogP contribution in [0.1, 0.15) is 6.23 Å². The number of fused-ring (bicyclic) bond motifs is 1. The smallest absolute Gasteiger partial charge is 0.286 e. The number of aliphatic hydroxyl groups is 3. The van der Waals surface area contributed by atoms with Crippen molar-refractivity contribution in [2.45, 2.75) is 24.5 Å². The monoisotopic (exact) mass is 362 g/mol. The SMILES string of the molecule is O=c1c2ncn([C@@H]3O[C@H](CO)C(O)C3O)c2ncn1-c1cccc(F)c1. The summed E-state index contributed by atoms with van der Waals surface area (Å²) in [5.41, 5.74) is -0.0926. The normalized spacial score (nSPS) is 25.8. The molecule has 136 valence electrons.